The van der Waals surface area contributed by atoms with Gasteiger partial charge in [0.15, 0.2) is 4.80 Å². The van der Waals surface area contributed by atoms with Crippen LogP contribution in [0.3, 0.4) is 0 Å². The van der Waals surface area contributed by atoms with Crippen LogP contribution in [0, 0.1) is 0 Å². The molecule has 0 unspecified atom stereocenters. The fourth-order valence-electron chi connectivity index (χ4n) is 2.69. The van der Waals surface area contributed by atoms with Crippen molar-refractivity contribution in [2.75, 3.05) is 7.11 Å². The molecular weight excluding hydrogens is 412 g/mol. The van der Waals surface area contributed by atoms with Crippen LogP contribution in [0.25, 0.3) is 11.3 Å². The minimum absolute atomic E-state index is 0.238. The van der Waals surface area contributed by atoms with E-state index >= 15 is 0 Å². The minimum atomic E-state index is -0.238. The van der Waals surface area contributed by atoms with Crippen molar-refractivity contribution in [1.82, 2.24) is 4.57 Å². The normalized spacial score (nSPS) is 11.6. The van der Waals surface area contributed by atoms with Gasteiger partial charge in [0, 0.05) is 22.0 Å². The number of ether oxygens (including phenoxy) is 1. The number of benzene rings is 2. The molecule has 3 rings (SSSR count). The molecule has 4 nitrogen and oxygen atoms in total. The summed E-state index contributed by atoms with van der Waals surface area (Å²) in [6.45, 7) is 2.11. The van der Waals surface area contributed by atoms with E-state index in [4.69, 9.17) is 4.74 Å². The second-order valence-corrected chi connectivity index (χ2v) is 7.70. The third kappa shape index (κ3) is 3.81. The predicted octanol–water partition coefficient (Wildman–Crippen LogP) is 4.83. The summed E-state index contributed by atoms with van der Waals surface area (Å²) in [7, 11) is 3.60. The summed E-state index contributed by atoms with van der Waals surface area (Å²) < 4.78 is 8.16. The first kappa shape index (κ1) is 18.6. The maximum Gasteiger partial charge on any atom is 0.279 e. The lowest BCUT2D eigenvalue weighted by atomic mass is 10.1. The first-order chi connectivity index (χ1) is 12.5. The largest absolute Gasteiger partial charge is 0.497 e. The number of amides is 1. The van der Waals surface area contributed by atoms with Crippen molar-refractivity contribution in [3.63, 3.8) is 0 Å². The second kappa shape index (κ2) is 8.01. The van der Waals surface area contributed by atoms with Gasteiger partial charge in [-0.15, -0.1) is 11.3 Å². The topological polar surface area (TPSA) is 43.6 Å². The van der Waals surface area contributed by atoms with Gasteiger partial charge in [0.1, 0.15) is 5.75 Å². The molecule has 1 amide bonds. The fraction of sp³-hybridized carbons (Fsp3) is 0.200. The number of carbonyl (C=O) groups excluding carboxylic acids is 1. The molecule has 0 radical (unpaired) electrons. The zero-order valence-electron chi connectivity index (χ0n) is 14.8. The summed E-state index contributed by atoms with van der Waals surface area (Å²) >= 11 is 4.93. The Balaban J connectivity index is 2.04. The number of aromatic nitrogens is 1. The number of methoxy groups -OCH3 is 1. The SMILES string of the molecule is CCc1sc(=NC(=O)c2ccc(Br)cc2)n(C)c1-c1ccc(OC)cc1. The molecule has 1 heterocycles. The molecule has 26 heavy (non-hydrogen) atoms. The van der Waals surface area contributed by atoms with Gasteiger partial charge in [0.05, 0.1) is 12.8 Å². The molecule has 2 aromatic carbocycles. The third-order valence-corrected chi connectivity index (χ3v) is 5.88. The van der Waals surface area contributed by atoms with Crippen LogP contribution in [0.4, 0.5) is 0 Å². The van der Waals surface area contributed by atoms with Crippen molar-refractivity contribution in [3.05, 3.63) is 68.2 Å². The molecule has 1 aromatic heterocycles. The van der Waals surface area contributed by atoms with E-state index in [0.29, 0.717) is 10.4 Å². The van der Waals surface area contributed by atoms with E-state index in [1.807, 2.05) is 48.0 Å². The molecule has 0 saturated carbocycles. The van der Waals surface area contributed by atoms with Crippen molar-refractivity contribution in [2.45, 2.75) is 13.3 Å². The Morgan fingerprint density at radius 3 is 2.38 bits per heavy atom. The Morgan fingerprint density at radius 1 is 1.15 bits per heavy atom. The summed E-state index contributed by atoms with van der Waals surface area (Å²) in [5, 5.41) is 0. The van der Waals surface area contributed by atoms with Gasteiger partial charge in [-0.2, -0.15) is 4.99 Å². The van der Waals surface area contributed by atoms with Crippen molar-refractivity contribution in [2.24, 2.45) is 12.0 Å². The lowest BCUT2D eigenvalue weighted by Crippen LogP contribution is -2.14. The van der Waals surface area contributed by atoms with Crippen LogP contribution in [0.15, 0.2) is 58.0 Å². The molecule has 0 saturated heterocycles. The average Bonchev–Trinajstić information content (AvgIpc) is 2.98. The minimum Gasteiger partial charge on any atom is -0.497 e. The first-order valence-corrected chi connectivity index (χ1v) is 9.82. The molecule has 0 fully saturated rings. The van der Waals surface area contributed by atoms with Crippen LogP contribution in [-0.2, 0) is 13.5 Å². The summed E-state index contributed by atoms with van der Waals surface area (Å²) in [6.07, 6.45) is 0.877. The van der Waals surface area contributed by atoms with Crippen molar-refractivity contribution in [3.8, 4) is 17.0 Å². The van der Waals surface area contributed by atoms with Gasteiger partial charge >= 0.3 is 0 Å². The number of halogens is 1. The van der Waals surface area contributed by atoms with Gasteiger partial charge in [-0.25, -0.2) is 0 Å². The number of rotatable bonds is 4. The number of thiazole rings is 1. The number of hydrogen-bond acceptors (Lipinski definition) is 3. The van der Waals surface area contributed by atoms with E-state index in [9.17, 15) is 4.79 Å². The molecule has 3 aromatic rings. The fourth-order valence-corrected chi connectivity index (χ4v) is 4.03. The Bertz CT molecular complexity index is 986. The highest BCUT2D eigenvalue weighted by molar-refractivity contribution is 9.10. The maximum atomic E-state index is 12.5. The second-order valence-electron chi connectivity index (χ2n) is 5.72. The highest BCUT2D eigenvalue weighted by atomic mass is 79.9. The van der Waals surface area contributed by atoms with Gasteiger partial charge in [0.2, 0.25) is 0 Å². The van der Waals surface area contributed by atoms with E-state index in [-0.39, 0.29) is 5.91 Å². The number of carbonyl (C=O) groups is 1. The molecule has 0 aliphatic carbocycles. The van der Waals surface area contributed by atoms with Gasteiger partial charge in [-0.3, -0.25) is 4.79 Å². The van der Waals surface area contributed by atoms with E-state index in [1.165, 1.54) is 4.88 Å². The highest BCUT2D eigenvalue weighted by Gasteiger charge is 2.13. The first-order valence-electron chi connectivity index (χ1n) is 8.21. The quantitative estimate of drug-likeness (QED) is 0.594. The van der Waals surface area contributed by atoms with Crippen LogP contribution in [-0.4, -0.2) is 17.6 Å². The van der Waals surface area contributed by atoms with Crippen molar-refractivity contribution in [1.29, 1.82) is 0 Å². The molecule has 0 aliphatic heterocycles. The maximum absolute atomic E-state index is 12.5. The van der Waals surface area contributed by atoms with E-state index in [0.717, 1.165) is 27.9 Å². The molecule has 0 spiro atoms. The standard InChI is InChI=1S/C20H19BrN2O2S/c1-4-17-18(13-7-11-16(25-3)12-8-13)23(2)20(26-17)22-19(24)14-5-9-15(21)10-6-14/h5-12H,4H2,1-3H3. The van der Waals surface area contributed by atoms with Crippen LogP contribution in [0.2, 0.25) is 0 Å². The molecule has 134 valence electrons. The Hall–Kier alpha value is -2.18. The van der Waals surface area contributed by atoms with E-state index in [2.05, 4.69) is 27.8 Å². The predicted molar refractivity (Wildman–Crippen MR) is 109 cm³/mol. The summed E-state index contributed by atoms with van der Waals surface area (Å²) in [6, 6.07) is 15.2. The van der Waals surface area contributed by atoms with E-state index < -0.39 is 0 Å². The van der Waals surface area contributed by atoms with Crippen LogP contribution in [0.1, 0.15) is 22.2 Å². The summed E-state index contributed by atoms with van der Waals surface area (Å²) in [5.74, 6) is 0.582. The van der Waals surface area contributed by atoms with Gasteiger partial charge < -0.3 is 9.30 Å². The van der Waals surface area contributed by atoms with Crippen LogP contribution >= 0.6 is 27.3 Å². The van der Waals surface area contributed by atoms with E-state index in [1.54, 1.807) is 30.6 Å². The molecule has 0 bridgehead atoms. The average molecular weight is 431 g/mol. The summed E-state index contributed by atoms with van der Waals surface area (Å²) in [5.41, 5.74) is 2.74. The Morgan fingerprint density at radius 2 is 1.81 bits per heavy atom. The lowest BCUT2D eigenvalue weighted by Gasteiger charge is -2.07. The number of hydrogen-bond donors (Lipinski definition) is 0. The Labute approximate surface area is 164 Å². The van der Waals surface area contributed by atoms with Crippen molar-refractivity contribution < 1.29 is 9.53 Å². The molecule has 6 heteroatoms. The van der Waals surface area contributed by atoms with Gasteiger partial charge in [-0.1, -0.05) is 22.9 Å². The monoisotopic (exact) mass is 430 g/mol. The van der Waals surface area contributed by atoms with Gasteiger partial charge in [-0.05, 0) is 60.5 Å². The number of aryl methyl sites for hydroxylation is 1. The zero-order valence-corrected chi connectivity index (χ0v) is 17.2. The Kier molecular flexibility index (Phi) is 5.74. The summed E-state index contributed by atoms with van der Waals surface area (Å²) in [4.78, 5) is 18.7. The zero-order chi connectivity index (χ0) is 18.7. The molecule has 0 atom stereocenters. The lowest BCUT2D eigenvalue weighted by molar-refractivity contribution is 0.0998. The van der Waals surface area contributed by atoms with Crippen molar-refractivity contribution >= 4 is 33.2 Å². The third-order valence-electron chi connectivity index (χ3n) is 4.07. The van der Waals surface area contributed by atoms with Crippen LogP contribution < -0.4 is 9.54 Å². The molecule has 0 aliphatic rings. The molecular formula is C20H19BrN2O2S. The van der Waals surface area contributed by atoms with Crippen LogP contribution in [0.5, 0.6) is 5.75 Å². The van der Waals surface area contributed by atoms with Gasteiger partial charge in [0.25, 0.3) is 5.91 Å². The number of nitrogens with zero attached hydrogens (tertiary/aromatic N) is 2. The molecule has 0 N–H and O–H groups in total. The highest BCUT2D eigenvalue weighted by Crippen LogP contribution is 2.27. The smallest absolute Gasteiger partial charge is 0.279 e.